The Balaban J connectivity index is 0.000000178. The lowest BCUT2D eigenvalue weighted by Crippen LogP contribution is -2.07. The van der Waals surface area contributed by atoms with E-state index in [0.717, 1.165) is 25.2 Å². The molecule has 144 valence electrons. The van der Waals surface area contributed by atoms with Gasteiger partial charge in [-0.3, -0.25) is 4.98 Å². The Labute approximate surface area is 165 Å². The summed E-state index contributed by atoms with van der Waals surface area (Å²) in [6.07, 6.45) is 5.20. The van der Waals surface area contributed by atoms with Crippen molar-refractivity contribution in [3.63, 3.8) is 0 Å². The maximum absolute atomic E-state index is 10.5. The average molecular weight is 376 g/mol. The number of anilines is 1. The maximum atomic E-state index is 10.5. The van der Waals surface area contributed by atoms with E-state index >= 15 is 0 Å². The number of aryl methyl sites for hydroxylation is 2. The minimum absolute atomic E-state index is 0.238. The molecule has 0 bridgehead atoms. The van der Waals surface area contributed by atoms with E-state index < -0.39 is 5.97 Å². The molecule has 2 heterocycles. The molecule has 5 nitrogen and oxygen atoms in total. The summed E-state index contributed by atoms with van der Waals surface area (Å²) < 4.78 is 5.72. The number of carbonyl (C=O) groups is 1. The number of aromatic nitrogens is 1. The molecule has 2 aromatic carbocycles. The van der Waals surface area contributed by atoms with Crippen molar-refractivity contribution in [1.29, 1.82) is 0 Å². The molecule has 2 N–H and O–H groups in total. The van der Waals surface area contributed by atoms with Crippen LogP contribution < -0.4 is 10.1 Å². The second-order valence-corrected chi connectivity index (χ2v) is 6.62. The molecule has 1 aliphatic rings. The average Bonchev–Trinajstić information content (AvgIpc) is 2.73. The number of fused-ring (bicyclic) bond motifs is 1. The number of pyridine rings is 1. The van der Waals surface area contributed by atoms with Gasteiger partial charge in [0.25, 0.3) is 0 Å². The van der Waals surface area contributed by atoms with Crippen LogP contribution in [0.5, 0.6) is 5.75 Å². The second-order valence-electron chi connectivity index (χ2n) is 6.62. The lowest BCUT2D eigenvalue weighted by molar-refractivity contribution is 0.0698. The summed E-state index contributed by atoms with van der Waals surface area (Å²) in [5, 5.41) is 11.4. The molecule has 0 radical (unpaired) electrons. The van der Waals surface area contributed by atoms with Crippen molar-refractivity contribution in [3.05, 3.63) is 77.6 Å². The number of nitrogens with one attached hydrogen (secondary N) is 1. The number of hydrogen-bond donors (Lipinski definition) is 2. The van der Waals surface area contributed by atoms with Gasteiger partial charge in [-0.15, -0.1) is 0 Å². The smallest absolute Gasteiger partial charge is 0.337 e. The molecule has 0 unspecified atom stereocenters. The Morgan fingerprint density at radius 1 is 1.14 bits per heavy atom. The van der Waals surface area contributed by atoms with Gasteiger partial charge in [0, 0.05) is 13.2 Å². The zero-order chi connectivity index (χ0) is 19.9. The van der Waals surface area contributed by atoms with Crippen molar-refractivity contribution in [1.82, 2.24) is 4.98 Å². The van der Waals surface area contributed by atoms with Crippen LogP contribution >= 0.6 is 0 Å². The zero-order valence-corrected chi connectivity index (χ0v) is 16.1. The van der Waals surface area contributed by atoms with Crippen LogP contribution in [0.2, 0.25) is 0 Å². The fourth-order valence-corrected chi connectivity index (χ4v) is 3.12. The van der Waals surface area contributed by atoms with E-state index in [1.807, 2.05) is 0 Å². The number of aromatic carboxylic acids is 1. The molecule has 0 aliphatic carbocycles. The van der Waals surface area contributed by atoms with Gasteiger partial charge in [0.05, 0.1) is 24.1 Å². The molecule has 0 amide bonds. The summed E-state index contributed by atoms with van der Waals surface area (Å²) in [6, 6.07) is 16.6. The third-order valence-corrected chi connectivity index (χ3v) is 4.59. The van der Waals surface area contributed by atoms with Crippen molar-refractivity contribution >= 4 is 11.7 Å². The predicted octanol–water partition coefficient (Wildman–Crippen LogP) is 4.81. The van der Waals surface area contributed by atoms with Crippen molar-refractivity contribution in [3.8, 4) is 16.9 Å². The molecule has 0 fully saturated rings. The molecule has 0 saturated carbocycles. The summed E-state index contributed by atoms with van der Waals surface area (Å²) in [4.78, 5) is 14.3. The third-order valence-electron chi connectivity index (χ3n) is 4.59. The fraction of sp³-hybridized carbons (Fsp3) is 0.217. The van der Waals surface area contributed by atoms with Crippen LogP contribution in [0.15, 0.2) is 60.9 Å². The first kappa shape index (κ1) is 19.4. The lowest BCUT2D eigenvalue weighted by atomic mass is 9.99. The minimum atomic E-state index is -0.947. The molecule has 5 heteroatoms. The minimum Gasteiger partial charge on any atom is -0.493 e. The highest BCUT2D eigenvalue weighted by Gasteiger charge is 2.11. The molecular formula is C23H24N2O3. The van der Waals surface area contributed by atoms with Crippen LogP contribution in [-0.4, -0.2) is 29.7 Å². The Morgan fingerprint density at radius 2 is 1.96 bits per heavy atom. The molecule has 4 rings (SSSR count). The van der Waals surface area contributed by atoms with Gasteiger partial charge in [-0.25, -0.2) is 4.79 Å². The summed E-state index contributed by atoms with van der Waals surface area (Å²) in [6.45, 7) is 2.97. The van der Waals surface area contributed by atoms with E-state index in [4.69, 9.17) is 9.84 Å². The summed E-state index contributed by atoms with van der Waals surface area (Å²) in [5.74, 6) is 0.118. The van der Waals surface area contributed by atoms with Crippen molar-refractivity contribution < 1.29 is 14.6 Å². The second kappa shape index (κ2) is 9.04. The van der Waals surface area contributed by atoms with Gasteiger partial charge in [0.15, 0.2) is 0 Å². The summed E-state index contributed by atoms with van der Waals surface area (Å²) >= 11 is 0. The first-order valence-corrected chi connectivity index (χ1v) is 9.26. The van der Waals surface area contributed by atoms with Gasteiger partial charge >= 0.3 is 5.97 Å². The quantitative estimate of drug-likeness (QED) is 0.686. The van der Waals surface area contributed by atoms with E-state index in [1.165, 1.54) is 40.7 Å². The summed E-state index contributed by atoms with van der Waals surface area (Å²) in [7, 11) is 1.66. The van der Waals surface area contributed by atoms with Crippen LogP contribution in [0, 0.1) is 6.92 Å². The van der Waals surface area contributed by atoms with Crippen LogP contribution in [-0.2, 0) is 6.42 Å². The van der Waals surface area contributed by atoms with Gasteiger partial charge < -0.3 is 15.2 Å². The number of benzene rings is 2. The van der Waals surface area contributed by atoms with Crippen LogP contribution in [0.3, 0.4) is 0 Å². The van der Waals surface area contributed by atoms with Gasteiger partial charge in [-0.1, -0.05) is 42.0 Å². The number of nitrogens with zero attached hydrogens (tertiary/aromatic N) is 1. The summed E-state index contributed by atoms with van der Waals surface area (Å²) in [5.41, 5.74) is 5.91. The van der Waals surface area contributed by atoms with Gasteiger partial charge in [0.2, 0.25) is 0 Å². The normalized spacial score (nSPS) is 12.1. The van der Waals surface area contributed by atoms with Crippen molar-refractivity contribution in [2.24, 2.45) is 0 Å². The highest BCUT2D eigenvalue weighted by molar-refractivity contribution is 5.93. The van der Waals surface area contributed by atoms with Crippen molar-refractivity contribution in [2.45, 2.75) is 19.8 Å². The lowest BCUT2D eigenvalue weighted by Gasteiger charge is -2.18. The molecule has 0 spiro atoms. The number of rotatable bonds is 3. The van der Waals surface area contributed by atoms with E-state index in [2.05, 4.69) is 59.7 Å². The largest absolute Gasteiger partial charge is 0.493 e. The van der Waals surface area contributed by atoms with Crippen molar-refractivity contribution in [2.75, 3.05) is 19.0 Å². The molecule has 0 atom stereocenters. The highest BCUT2D eigenvalue weighted by Crippen LogP contribution is 2.30. The first-order chi connectivity index (χ1) is 13.6. The van der Waals surface area contributed by atoms with E-state index in [9.17, 15) is 4.79 Å². The number of ether oxygens (including phenoxy) is 1. The fourth-order valence-electron chi connectivity index (χ4n) is 3.12. The van der Waals surface area contributed by atoms with E-state index in [-0.39, 0.29) is 5.56 Å². The monoisotopic (exact) mass is 376 g/mol. The molecule has 1 aliphatic heterocycles. The zero-order valence-electron chi connectivity index (χ0n) is 16.1. The predicted molar refractivity (Wildman–Crippen MR) is 111 cm³/mol. The maximum Gasteiger partial charge on any atom is 0.337 e. The number of carboxylic acid groups (broad SMARTS) is 1. The van der Waals surface area contributed by atoms with Crippen LogP contribution in [0.25, 0.3) is 11.1 Å². The Hall–Kier alpha value is -3.34. The number of hydrogen-bond acceptors (Lipinski definition) is 4. The SMILES string of the molecule is CNc1cnccc1C(=O)O.Cc1cccc(-c2ccc3c(c2)OCCC3)c1. The van der Waals surface area contributed by atoms with Crippen LogP contribution in [0.4, 0.5) is 5.69 Å². The first-order valence-electron chi connectivity index (χ1n) is 9.26. The van der Waals surface area contributed by atoms with Gasteiger partial charge in [-0.2, -0.15) is 0 Å². The van der Waals surface area contributed by atoms with E-state index in [0.29, 0.717) is 5.69 Å². The third kappa shape index (κ3) is 4.68. The topological polar surface area (TPSA) is 71.5 Å². The standard InChI is InChI=1S/C16H16O.C7H8N2O2/c1-12-4-2-5-14(10-12)15-8-7-13-6-3-9-17-16(13)11-15;1-8-6-4-9-3-2-5(6)7(10)11/h2,4-5,7-8,10-11H,3,6,9H2,1H3;2-4,8H,1H3,(H,10,11). The molecule has 0 saturated heterocycles. The molecule has 28 heavy (non-hydrogen) atoms. The Bertz CT molecular complexity index is 970. The van der Waals surface area contributed by atoms with Gasteiger partial charge in [0.1, 0.15) is 5.75 Å². The highest BCUT2D eigenvalue weighted by atomic mass is 16.5. The van der Waals surface area contributed by atoms with Crippen LogP contribution in [0.1, 0.15) is 27.9 Å². The molecule has 1 aromatic heterocycles. The van der Waals surface area contributed by atoms with E-state index in [1.54, 1.807) is 7.05 Å². The Kier molecular flexibility index (Phi) is 6.27. The Morgan fingerprint density at radius 3 is 2.68 bits per heavy atom. The number of carboxylic acids is 1. The van der Waals surface area contributed by atoms with Gasteiger partial charge in [-0.05, 0) is 48.6 Å². The molecule has 3 aromatic rings. The molecular weight excluding hydrogens is 352 g/mol.